The Morgan fingerprint density at radius 3 is 2.60 bits per heavy atom. The number of ether oxygens (including phenoxy) is 2. The second-order valence-electron chi connectivity index (χ2n) is 7.79. The van der Waals surface area contributed by atoms with E-state index in [9.17, 15) is 0 Å². The number of morpholine rings is 1. The van der Waals surface area contributed by atoms with E-state index in [4.69, 9.17) is 9.47 Å². The van der Waals surface area contributed by atoms with Crippen molar-refractivity contribution in [2.75, 3.05) is 20.2 Å². The lowest BCUT2D eigenvalue weighted by Crippen LogP contribution is -2.48. The van der Waals surface area contributed by atoms with Crippen LogP contribution in [0.4, 0.5) is 0 Å². The molecular formula is C21H28N2O2. The van der Waals surface area contributed by atoms with Crippen LogP contribution in [0.25, 0.3) is 0 Å². The molecule has 2 atom stereocenters. The smallest absolute Gasteiger partial charge is 0.213 e. The average molecular weight is 340 g/mol. The number of benzene rings is 1. The van der Waals surface area contributed by atoms with Crippen LogP contribution in [0.5, 0.6) is 5.88 Å². The standard InChI is InChI=1S/C21H28N2O2/c1-21(2,3)19-15-23(13-16-10-11-22-20(12-16)24-4)14-18(25-19)17-8-6-5-7-9-17/h5-12,18-19H,13-15H2,1-4H3/t18-,19+/m0/s1. The van der Waals surface area contributed by atoms with E-state index in [0.717, 1.165) is 19.6 Å². The molecule has 25 heavy (non-hydrogen) atoms. The number of pyridine rings is 1. The molecule has 0 unspecified atom stereocenters. The minimum Gasteiger partial charge on any atom is -0.481 e. The summed E-state index contributed by atoms with van der Waals surface area (Å²) in [7, 11) is 1.65. The number of methoxy groups -OCH3 is 1. The number of hydrogen-bond acceptors (Lipinski definition) is 4. The molecule has 0 amide bonds. The van der Waals surface area contributed by atoms with Crippen molar-refractivity contribution in [2.45, 2.75) is 39.5 Å². The molecule has 2 aromatic rings. The van der Waals surface area contributed by atoms with Crippen molar-refractivity contribution in [2.24, 2.45) is 5.41 Å². The van der Waals surface area contributed by atoms with Gasteiger partial charge in [-0.05, 0) is 22.6 Å². The van der Waals surface area contributed by atoms with Crippen LogP contribution >= 0.6 is 0 Å². The molecule has 4 nitrogen and oxygen atoms in total. The molecule has 3 rings (SSSR count). The fourth-order valence-electron chi connectivity index (χ4n) is 3.21. The van der Waals surface area contributed by atoms with Crippen LogP contribution in [-0.4, -0.2) is 36.2 Å². The molecule has 0 saturated carbocycles. The minimum atomic E-state index is 0.0988. The lowest BCUT2D eigenvalue weighted by atomic mass is 9.87. The summed E-state index contributed by atoms with van der Waals surface area (Å²) in [5, 5.41) is 0. The molecule has 1 aliphatic rings. The Labute approximate surface area is 150 Å². The predicted octanol–water partition coefficient (Wildman–Crippen LogP) is 4.08. The second kappa shape index (κ2) is 7.54. The molecule has 0 bridgehead atoms. The Bertz CT molecular complexity index is 682. The van der Waals surface area contributed by atoms with Crippen molar-refractivity contribution >= 4 is 0 Å². The van der Waals surface area contributed by atoms with Crippen molar-refractivity contribution in [3.8, 4) is 5.88 Å². The highest BCUT2D eigenvalue weighted by molar-refractivity contribution is 5.21. The van der Waals surface area contributed by atoms with E-state index in [0.29, 0.717) is 5.88 Å². The van der Waals surface area contributed by atoms with Gasteiger partial charge in [0.05, 0.1) is 19.3 Å². The predicted molar refractivity (Wildman–Crippen MR) is 99.6 cm³/mol. The molecule has 2 heterocycles. The SMILES string of the molecule is COc1cc(CN2C[C@@H](c3ccccc3)O[C@@H](C(C)(C)C)C2)ccn1. The Morgan fingerprint density at radius 2 is 1.92 bits per heavy atom. The summed E-state index contributed by atoms with van der Waals surface area (Å²) in [6.07, 6.45) is 2.10. The fraction of sp³-hybridized carbons (Fsp3) is 0.476. The monoisotopic (exact) mass is 340 g/mol. The summed E-state index contributed by atoms with van der Waals surface area (Å²) in [5.74, 6) is 0.665. The van der Waals surface area contributed by atoms with Crippen molar-refractivity contribution in [3.63, 3.8) is 0 Å². The molecule has 1 aliphatic heterocycles. The molecule has 1 aromatic carbocycles. The molecule has 134 valence electrons. The molecular weight excluding hydrogens is 312 g/mol. The fourth-order valence-corrected chi connectivity index (χ4v) is 3.21. The first-order chi connectivity index (χ1) is 12.0. The normalized spacial score (nSPS) is 21.9. The van der Waals surface area contributed by atoms with Crippen LogP contribution in [0, 0.1) is 5.41 Å². The molecule has 1 aromatic heterocycles. The van der Waals surface area contributed by atoms with E-state index >= 15 is 0 Å². The number of rotatable bonds is 4. The zero-order valence-electron chi connectivity index (χ0n) is 15.6. The molecule has 0 radical (unpaired) electrons. The minimum absolute atomic E-state index is 0.0988. The van der Waals surface area contributed by atoms with Crippen LogP contribution in [0.2, 0.25) is 0 Å². The molecule has 0 aliphatic carbocycles. The summed E-state index contributed by atoms with van der Waals surface area (Å²) < 4.78 is 11.7. The zero-order chi connectivity index (χ0) is 17.9. The van der Waals surface area contributed by atoms with Gasteiger partial charge in [-0.2, -0.15) is 0 Å². The highest BCUT2D eigenvalue weighted by Crippen LogP contribution is 2.34. The van der Waals surface area contributed by atoms with Crippen molar-refractivity contribution in [1.29, 1.82) is 0 Å². The van der Waals surface area contributed by atoms with Crippen molar-refractivity contribution in [3.05, 3.63) is 59.8 Å². The van der Waals surface area contributed by atoms with Gasteiger partial charge in [0.2, 0.25) is 5.88 Å². The summed E-state index contributed by atoms with van der Waals surface area (Å²) in [6, 6.07) is 14.6. The van der Waals surface area contributed by atoms with E-state index in [-0.39, 0.29) is 17.6 Å². The lowest BCUT2D eigenvalue weighted by Gasteiger charge is -2.43. The van der Waals surface area contributed by atoms with Gasteiger partial charge in [-0.15, -0.1) is 0 Å². The number of aromatic nitrogens is 1. The zero-order valence-corrected chi connectivity index (χ0v) is 15.6. The van der Waals surface area contributed by atoms with E-state index in [1.807, 2.05) is 12.3 Å². The largest absolute Gasteiger partial charge is 0.481 e. The van der Waals surface area contributed by atoms with Crippen molar-refractivity contribution in [1.82, 2.24) is 9.88 Å². The van der Waals surface area contributed by atoms with Crippen LogP contribution in [-0.2, 0) is 11.3 Å². The number of hydrogen-bond donors (Lipinski definition) is 0. The lowest BCUT2D eigenvalue weighted by molar-refractivity contribution is -0.130. The molecule has 1 saturated heterocycles. The quantitative estimate of drug-likeness (QED) is 0.840. The van der Waals surface area contributed by atoms with E-state index in [1.54, 1.807) is 7.11 Å². The third kappa shape index (κ3) is 4.59. The summed E-state index contributed by atoms with van der Waals surface area (Å²) in [5.41, 5.74) is 2.56. The molecule has 1 fully saturated rings. The summed E-state index contributed by atoms with van der Waals surface area (Å²) in [4.78, 5) is 6.68. The highest BCUT2D eigenvalue weighted by Gasteiger charge is 2.35. The van der Waals surface area contributed by atoms with Crippen molar-refractivity contribution < 1.29 is 9.47 Å². The van der Waals surface area contributed by atoms with Gasteiger partial charge in [-0.1, -0.05) is 51.1 Å². The van der Waals surface area contributed by atoms with Gasteiger partial charge in [0.1, 0.15) is 0 Å². The maximum absolute atomic E-state index is 6.47. The Kier molecular flexibility index (Phi) is 5.40. The highest BCUT2D eigenvalue weighted by atomic mass is 16.5. The summed E-state index contributed by atoms with van der Waals surface area (Å²) in [6.45, 7) is 9.44. The van der Waals surface area contributed by atoms with E-state index < -0.39 is 0 Å². The number of nitrogens with zero attached hydrogens (tertiary/aromatic N) is 2. The first-order valence-electron chi connectivity index (χ1n) is 8.87. The maximum Gasteiger partial charge on any atom is 0.213 e. The molecule has 0 spiro atoms. The summed E-state index contributed by atoms with van der Waals surface area (Å²) >= 11 is 0. The van der Waals surface area contributed by atoms with Crippen LogP contribution in [0.1, 0.15) is 38.0 Å². The Morgan fingerprint density at radius 1 is 1.16 bits per heavy atom. The third-order valence-electron chi connectivity index (χ3n) is 4.73. The maximum atomic E-state index is 6.47. The van der Waals surface area contributed by atoms with E-state index in [2.05, 4.69) is 67.1 Å². The first-order valence-corrected chi connectivity index (χ1v) is 8.87. The Balaban J connectivity index is 1.79. The van der Waals surface area contributed by atoms with Crippen LogP contribution in [0.15, 0.2) is 48.7 Å². The van der Waals surface area contributed by atoms with Gasteiger partial charge < -0.3 is 9.47 Å². The average Bonchev–Trinajstić information content (AvgIpc) is 2.61. The second-order valence-corrected chi connectivity index (χ2v) is 7.79. The molecule has 0 N–H and O–H groups in total. The van der Waals surface area contributed by atoms with Gasteiger partial charge in [0.15, 0.2) is 0 Å². The molecule has 4 heteroatoms. The van der Waals surface area contributed by atoms with Crippen LogP contribution in [0.3, 0.4) is 0 Å². The van der Waals surface area contributed by atoms with Crippen LogP contribution < -0.4 is 4.74 Å². The first kappa shape index (κ1) is 17.9. The van der Waals surface area contributed by atoms with Gasteiger partial charge in [0, 0.05) is 31.9 Å². The third-order valence-corrected chi connectivity index (χ3v) is 4.73. The van der Waals surface area contributed by atoms with Gasteiger partial charge >= 0.3 is 0 Å². The van der Waals surface area contributed by atoms with Gasteiger partial charge in [0.25, 0.3) is 0 Å². The van der Waals surface area contributed by atoms with Gasteiger partial charge in [-0.3, -0.25) is 4.90 Å². The Hall–Kier alpha value is -1.91. The topological polar surface area (TPSA) is 34.6 Å². The van der Waals surface area contributed by atoms with E-state index in [1.165, 1.54) is 11.1 Å². The van der Waals surface area contributed by atoms with Gasteiger partial charge in [-0.25, -0.2) is 4.98 Å².